The van der Waals surface area contributed by atoms with Crippen molar-refractivity contribution >= 4 is 21.6 Å². The number of amides is 2. The van der Waals surface area contributed by atoms with Crippen molar-refractivity contribution in [1.82, 2.24) is 4.90 Å². The first kappa shape index (κ1) is 19.4. The normalized spacial score (nSPS) is 18.0. The molecule has 0 unspecified atom stereocenters. The van der Waals surface area contributed by atoms with E-state index in [1.54, 1.807) is 12.1 Å². The van der Waals surface area contributed by atoms with E-state index in [0.717, 1.165) is 24.8 Å². The van der Waals surface area contributed by atoms with Crippen LogP contribution in [0.3, 0.4) is 0 Å². The molecule has 1 saturated heterocycles. The molecule has 144 valence electrons. The molecule has 2 amide bonds. The number of aryl methyl sites for hydroxylation is 1. The van der Waals surface area contributed by atoms with Crippen molar-refractivity contribution < 1.29 is 13.2 Å². The van der Waals surface area contributed by atoms with E-state index in [1.165, 1.54) is 17.9 Å². The molecule has 0 aliphatic carbocycles. The summed E-state index contributed by atoms with van der Waals surface area (Å²) in [6, 6.07) is 15.1. The van der Waals surface area contributed by atoms with Crippen LogP contribution in [0.2, 0.25) is 0 Å². The molecule has 0 aromatic heterocycles. The number of benzene rings is 2. The van der Waals surface area contributed by atoms with E-state index in [4.69, 9.17) is 0 Å². The van der Waals surface area contributed by atoms with Gasteiger partial charge in [0, 0.05) is 25.0 Å². The smallest absolute Gasteiger partial charge is 0.321 e. The van der Waals surface area contributed by atoms with Crippen LogP contribution in [-0.2, 0) is 9.84 Å². The number of urea groups is 1. The van der Waals surface area contributed by atoms with Gasteiger partial charge in [-0.25, -0.2) is 13.2 Å². The van der Waals surface area contributed by atoms with Gasteiger partial charge in [0.2, 0.25) is 0 Å². The molecule has 2 aromatic rings. The lowest BCUT2D eigenvalue weighted by Crippen LogP contribution is -2.35. The van der Waals surface area contributed by atoms with Crippen LogP contribution in [-0.4, -0.2) is 38.7 Å². The number of sulfone groups is 1. The maximum Gasteiger partial charge on any atom is 0.321 e. The van der Waals surface area contributed by atoms with Crippen LogP contribution in [0.5, 0.6) is 0 Å². The molecular weight excluding hydrogens is 360 g/mol. The van der Waals surface area contributed by atoms with E-state index < -0.39 is 9.84 Å². The largest absolute Gasteiger partial charge is 0.325 e. The number of likely N-dealkylation sites (tertiary alicyclic amines) is 1. The fraction of sp³-hybridized carbons (Fsp3) is 0.381. The number of rotatable bonds is 3. The Kier molecular flexibility index (Phi) is 5.85. The number of hydrogen-bond acceptors (Lipinski definition) is 3. The third-order valence-electron chi connectivity index (χ3n) is 5.17. The minimum atomic E-state index is -3.31. The van der Waals surface area contributed by atoms with Crippen molar-refractivity contribution in [1.29, 1.82) is 0 Å². The second-order valence-corrected chi connectivity index (χ2v) is 9.22. The molecule has 0 radical (unpaired) electrons. The summed E-state index contributed by atoms with van der Waals surface area (Å²) in [6.45, 7) is 3.26. The van der Waals surface area contributed by atoms with Gasteiger partial charge < -0.3 is 10.2 Å². The van der Waals surface area contributed by atoms with Crippen molar-refractivity contribution in [2.24, 2.45) is 0 Å². The molecule has 27 heavy (non-hydrogen) atoms. The molecule has 0 spiro atoms. The third-order valence-corrected chi connectivity index (χ3v) is 6.28. The maximum atomic E-state index is 12.7. The molecule has 1 aliphatic heterocycles. The Hall–Kier alpha value is -2.34. The van der Waals surface area contributed by atoms with E-state index in [1.807, 2.05) is 17.9 Å². The minimum Gasteiger partial charge on any atom is -0.325 e. The summed E-state index contributed by atoms with van der Waals surface area (Å²) >= 11 is 0. The van der Waals surface area contributed by atoms with Crippen molar-refractivity contribution in [3.05, 3.63) is 59.7 Å². The number of nitrogens with zero attached hydrogens (tertiary/aromatic N) is 1. The summed E-state index contributed by atoms with van der Waals surface area (Å²) in [5.74, 6) is 0.472. The van der Waals surface area contributed by atoms with Crippen molar-refractivity contribution in [2.45, 2.75) is 37.0 Å². The standard InChI is InChI=1S/C21H26N2O3S/c1-16-10-11-19(27(2,25)26)15-20(16)22-21(24)23-13-6-9-18(12-14-23)17-7-4-3-5-8-17/h3-5,7-8,10-11,15,18H,6,9,12-14H2,1-2H3,(H,22,24)/t18-/m1/s1. The lowest BCUT2D eigenvalue weighted by Gasteiger charge is -2.22. The van der Waals surface area contributed by atoms with Gasteiger partial charge in [0.1, 0.15) is 0 Å². The number of carbonyl (C=O) groups is 1. The predicted molar refractivity (Wildman–Crippen MR) is 108 cm³/mol. The molecule has 1 atom stereocenters. The van der Waals surface area contributed by atoms with Gasteiger partial charge in [-0.2, -0.15) is 0 Å². The van der Waals surface area contributed by atoms with Crippen LogP contribution in [0.4, 0.5) is 10.5 Å². The Labute approximate surface area is 161 Å². The molecule has 1 fully saturated rings. The highest BCUT2D eigenvalue weighted by Crippen LogP contribution is 2.28. The fourth-order valence-corrected chi connectivity index (χ4v) is 4.17. The average molecular weight is 387 g/mol. The highest BCUT2D eigenvalue weighted by Gasteiger charge is 2.22. The van der Waals surface area contributed by atoms with Gasteiger partial charge in [0.15, 0.2) is 9.84 Å². The van der Waals surface area contributed by atoms with Crippen molar-refractivity contribution in [3.63, 3.8) is 0 Å². The van der Waals surface area contributed by atoms with Gasteiger partial charge in [0.25, 0.3) is 0 Å². The summed E-state index contributed by atoms with van der Waals surface area (Å²) < 4.78 is 23.6. The highest BCUT2D eigenvalue weighted by molar-refractivity contribution is 7.90. The summed E-state index contributed by atoms with van der Waals surface area (Å²) in [7, 11) is -3.31. The minimum absolute atomic E-state index is 0.169. The van der Waals surface area contributed by atoms with Crippen LogP contribution >= 0.6 is 0 Å². The lowest BCUT2D eigenvalue weighted by molar-refractivity contribution is 0.213. The zero-order valence-electron chi connectivity index (χ0n) is 15.8. The Morgan fingerprint density at radius 1 is 1.07 bits per heavy atom. The van der Waals surface area contributed by atoms with E-state index in [0.29, 0.717) is 24.7 Å². The first-order valence-electron chi connectivity index (χ1n) is 9.26. The Balaban J connectivity index is 1.68. The first-order chi connectivity index (χ1) is 12.8. The molecular formula is C21H26N2O3S. The first-order valence-corrected chi connectivity index (χ1v) is 11.2. The van der Waals surface area contributed by atoms with Gasteiger partial charge in [-0.15, -0.1) is 0 Å². The van der Waals surface area contributed by atoms with Gasteiger partial charge >= 0.3 is 6.03 Å². The predicted octanol–water partition coefficient (Wildman–Crippen LogP) is 4.20. The van der Waals surface area contributed by atoms with E-state index in [2.05, 4.69) is 29.6 Å². The molecule has 5 nitrogen and oxygen atoms in total. The van der Waals surface area contributed by atoms with Gasteiger partial charge in [-0.3, -0.25) is 0 Å². The Morgan fingerprint density at radius 3 is 2.52 bits per heavy atom. The number of carbonyl (C=O) groups excluding carboxylic acids is 1. The molecule has 6 heteroatoms. The van der Waals surface area contributed by atoms with Crippen LogP contribution in [0.1, 0.15) is 36.3 Å². The molecule has 1 N–H and O–H groups in total. The summed E-state index contributed by atoms with van der Waals surface area (Å²) in [4.78, 5) is 14.8. The number of anilines is 1. The van der Waals surface area contributed by atoms with Crippen LogP contribution in [0.25, 0.3) is 0 Å². The summed E-state index contributed by atoms with van der Waals surface area (Å²) in [5.41, 5.74) is 2.72. The maximum absolute atomic E-state index is 12.7. The lowest BCUT2D eigenvalue weighted by atomic mass is 9.92. The molecule has 3 rings (SSSR count). The molecule has 0 bridgehead atoms. The van der Waals surface area contributed by atoms with E-state index in [-0.39, 0.29) is 10.9 Å². The Bertz CT molecular complexity index is 910. The highest BCUT2D eigenvalue weighted by atomic mass is 32.2. The van der Waals surface area contributed by atoms with Gasteiger partial charge in [-0.1, -0.05) is 36.4 Å². The molecule has 1 aliphatic rings. The van der Waals surface area contributed by atoms with Crippen molar-refractivity contribution in [2.75, 3.05) is 24.7 Å². The third kappa shape index (κ3) is 4.89. The quantitative estimate of drug-likeness (QED) is 0.860. The monoisotopic (exact) mass is 386 g/mol. The zero-order valence-corrected chi connectivity index (χ0v) is 16.6. The van der Waals surface area contributed by atoms with Crippen molar-refractivity contribution in [3.8, 4) is 0 Å². The molecule has 2 aromatic carbocycles. The van der Waals surface area contributed by atoms with Gasteiger partial charge in [0.05, 0.1) is 4.90 Å². The van der Waals surface area contributed by atoms with Crippen LogP contribution in [0.15, 0.2) is 53.4 Å². The fourth-order valence-electron chi connectivity index (χ4n) is 3.52. The topological polar surface area (TPSA) is 66.5 Å². The second kappa shape index (κ2) is 8.13. The SMILES string of the molecule is Cc1ccc(S(C)(=O)=O)cc1NC(=O)N1CCC[C@@H](c2ccccc2)CC1. The zero-order chi connectivity index (χ0) is 19.4. The van der Waals surface area contributed by atoms with E-state index >= 15 is 0 Å². The summed E-state index contributed by atoms with van der Waals surface area (Å²) in [5, 5.41) is 2.90. The molecule has 1 heterocycles. The number of hydrogen-bond donors (Lipinski definition) is 1. The van der Waals surface area contributed by atoms with Crippen LogP contribution < -0.4 is 5.32 Å². The van der Waals surface area contributed by atoms with E-state index in [9.17, 15) is 13.2 Å². The number of nitrogens with one attached hydrogen (secondary N) is 1. The van der Waals surface area contributed by atoms with Gasteiger partial charge in [-0.05, 0) is 55.4 Å². The molecule has 0 saturated carbocycles. The Morgan fingerprint density at radius 2 is 1.81 bits per heavy atom. The van der Waals surface area contributed by atoms with Crippen LogP contribution in [0, 0.1) is 6.92 Å². The second-order valence-electron chi connectivity index (χ2n) is 7.20. The average Bonchev–Trinajstić information content (AvgIpc) is 2.89. The summed E-state index contributed by atoms with van der Waals surface area (Å²) in [6.07, 6.45) is 4.12.